The van der Waals surface area contributed by atoms with Crippen LogP contribution in [-0.4, -0.2) is 40.1 Å². The molecule has 0 aliphatic carbocycles. The van der Waals surface area contributed by atoms with E-state index < -0.39 is 32.5 Å². The lowest BCUT2D eigenvalue weighted by molar-refractivity contribution is -0.116. The van der Waals surface area contributed by atoms with Crippen LogP contribution in [0.1, 0.15) is 6.92 Å². The van der Waals surface area contributed by atoms with E-state index >= 15 is 0 Å². The Bertz CT molecular complexity index is 1020. The molecule has 0 fully saturated rings. The Labute approximate surface area is 163 Å². The third-order valence-corrected chi connectivity index (χ3v) is 6.71. The highest BCUT2D eigenvalue weighted by Gasteiger charge is 2.25. The van der Waals surface area contributed by atoms with Crippen LogP contribution in [0.25, 0.3) is 0 Å². The average molecular weight is 432 g/mol. The van der Waals surface area contributed by atoms with Crippen molar-refractivity contribution >= 4 is 43.2 Å². The number of amides is 1. The second kappa shape index (κ2) is 8.36. The van der Waals surface area contributed by atoms with Crippen molar-refractivity contribution in [3.8, 4) is 0 Å². The van der Waals surface area contributed by atoms with Crippen LogP contribution in [0.5, 0.6) is 0 Å². The summed E-state index contributed by atoms with van der Waals surface area (Å²) in [6.45, 7) is 1.29. The van der Waals surface area contributed by atoms with Gasteiger partial charge < -0.3 is 5.32 Å². The Balaban J connectivity index is 2.11. The number of nitrogens with two attached hydrogens (primary N) is 1. The molecule has 2 aromatic carbocycles. The van der Waals surface area contributed by atoms with Crippen molar-refractivity contribution in [1.29, 1.82) is 0 Å². The number of halogens is 1. The predicted molar refractivity (Wildman–Crippen MR) is 102 cm³/mol. The summed E-state index contributed by atoms with van der Waals surface area (Å²) >= 11 is 5.77. The number of hydrogen-bond acceptors (Lipinski definition) is 5. The second-order valence-corrected chi connectivity index (χ2v) is 9.44. The van der Waals surface area contributed by atoms with Gasteiger partial charge in [-0.2, -0.15) is 4.31 Å². The molecule has 0 saturated heterocycles. The Morgan fingerprint density at radius 2 is 1.52 bits per heavy atom. The number of anilines is 1. The number of primary sulfonamides is 1. The Morgan fingerprint density at radius 3 is 2.00 bits per heavy atom. The lowest BCUT2D eigenvalue weighted by atomic mass is 10.3. The number of rotatable bonds is 7. The molecule has 2 rings (SSSR count). The van der Waals surface area contributed by atoms with Gasteiger partial charge in [0.05, 0.1) is 16.3 Å². The van der Waals surface area contributed by atoms with Gasteiger partial charge in [-0.3, -0.25) is 4.79 Å². The first kappa shape index (κ1) is 21.3. The van der Waals surface area contributed by atoms with Crippen molar-refractivity contribution in [3.63, 3.8) is 0 Å². The van der Waals surface area contributed by atoms with Crippen LogP contribution in [0.3, 0.4) is 0 Å². The number of carbonyl (C=O) groups is 1. The first-order valence-corrected chi connectivity index (χ1v) is 11.1. The Hall–Kier alpha value is -1.98. The van der Waals surface area contributed by atoms with Crippen molar-refractivity contribution in [2.45, 2.75) is 16.7 Å². The lowest BCUT2D eigenvalue weighted by Crippen LogP contribution is -2.37. The molecule has 0 heterocycles. The van der Waals surface area contributed by atoms with Gasteiger partial charge in [0.2, 0.25) is 26.0 Å². The van der Waals surface area contributed by atoms with Crippen LogP contribution in [0, 0.1) is 0 Å². The van der Waals surface area contributed by atoms with Crippen molar-refractivity contribution in [1.82, 2.24) is 4.31 Å². The first-order valence-electron chi connectivity index (χ1n) is 7.72. The molecule has 27 heavy (non-hydrogen) atoms. The van der Waals surface area contributed by atoms with Gasteiger partial charge in [-0.1, -0.05) is 18.5 Å². The van der Waals surface area contributed by atoms with Crippen LogP contribution in [-0.2, 0) is 24.8 Å². The predicted octanol–water partition coefficient (Wildman–Crippen LogP) is 1.64. The number of benzene rings is 2. The number of sulfonamides is 2. The number of carbonyl (C=O) groups excluding carboxylic acids is 1. The maximum Gasteiger partial charge on any atom is 0.243 e. The monoisotopic (exact) mass is 431 g/mol. The van der Waals surface area contributed by atoms with Gasteiger partial charge in [-0.15, -0.1) is 0 Å². The van der Waals surface area contributed by atoms with E-state index in [9.17, 15) is 21.6 Å². The molecule has 146 valence electrons. The van der Waals surface area contributed by atoms with E-state index in [1.54, 1.807) is 6.92 Å². The van der Waals surface area contributed by atoms with Gasteiger partial charge in [0.25, 0.3) is 0 Å². The standard InChI is InChI=1S/C16H18ClN3O5S2/c1-2-20(27(24,25)15-7-3-12(17)4-8-15)11-16(21)19-13-5-9-14(10-6-13)26(18,22)23/h3-10H,2,11H2,1H3,(H,19,21)(H2,18,22,23). The molecule has 0 bridgehead atoms. The van der Waals surface area contributed by atoms with E-state index in [0.717, 1.165) is 4.31 Å². The molecular weight excluding hydrogens is 414 g/mol. The molecule has 2 aromatic rings. The molecule has 0 aliphatic heterocycles. The molecule has 3 N–H and O–H groups in total. The van der Waals surface area contributed by atoms with Gasteiger partial charge in [0.1, 0.15) is 0 Å². The molecule has 1 amide bonds. The van der Waals surface area contributed by atoms with Gasteiger partial charge in [0.15, 0.2) is 0 Å². The molecule has 0 unspecified atom stereocenters. The summed E-state index contributed by atoms with van der Waals surface area (Å²) in [5.74, 6) is -0.572. The summed E-state index contributed by atoms with van der Waals surface area (Å²) in [6.07, 6.45) is 0. The topological polar surface area (TPSA) is 127 Å². The molecule has 0 aliphatic rings. The summed E-state index contributed by atoms with van der Waals surface area (Å²) in [7, 11) is -7.70. The normalized spacial score (nSPS) is 12.1. The minimum absolute atomic E-state index is 0.0269. The number of likely N-dealkylation sites (N-methyl/N-ethyl adjacent to an activating group) is 1. The second-order valence-electron chi connectivity index (χ2n) is 5.50. The highest BCUT2D eigenvalue weighted by molar-refractivity contribution is 7.89. The van der Waals surface area contributed by atoms with E-state index in [0.29, 0.717) is 10.7 Å². The van der Waals surface area contributed by atoms with Crippen LogP contribution >= 0.6 is 11.6 Å². The minimum atomic E-state index is -3.86. The van der Waals surface area contributed by atoms with Crippen LogP contribution < -0.4 is 10.5 Å². The maximum atomic E-state index is 12.6. The van der Waals surface area contributed by atoms with Gasteiger partial charge in [-0.05, 0) is 48.5 Å². The van der Waals surface area contributed by atoms with Crippen LogP contribution in [0.2, 0.25) is 5.02 Å². The number of hydrogen-bond donors (Lipinski definition) is 2. The zero-order chi connectivity index (χ0) is 20.2. The average Bonchev–Trinajstić information content (AvgIpc) is 2.59. The summed E-state index contributed by atoms with van der Waals surface area (Å²) in [5, 5.41) is 7.92. The summed E-state index contributed by atoms with van der Waals surface area (Å²) in [4.78, 5) is 12.1. The molecule has 11 heteroatoms. The summed E-state index contributed by atoms with van der Waals surface area (Å²) in [5.41, 5.74) is 0.312. The van der Waals surface area contributed by atoms with E-state index in [4.69, 9.17) is 16.7 Å². The quantitative estimate of drug-likeness (QED) is 0.688. The summed E-state index contributed by atoms with van der Waals surface area (Å²) in [6, 6.07) is 10.8. The molecule has 8 nitrogen and oxygen atoms in total. The fourth-order valence-corrected chi connectivity index (χ4v) is 4.26. The number of nitrogens with one attached hydrogen (secondary N) is 1. The number of nitrogens with zero attached hydrogens (tertiary/aromatic N) is 1. The van der Waals surface area contributed by atoms with Crippen LogP contribution in [0.4, 0.5) is 5.69 Å². The Morgan fingerprint density at radius 1 is 1.00 bits per heavy atom. The first-order chi connectivity index (χ1) is 12.5. The largest absolute Gasteiger partial charge is 0.325 e. The molecular formula is C16H18ClN3O5S2. The lowest BCUT2D eigenvalue weighted by Gasteiger charge is -2.20. The van der Waals surface area contributed by atoms with E-state index in [-0.39, 0.29) is 16.3 Å². The third-order valence-electron chi connectivity index (χ3n) is 3.59. The molecule has 0 atom stereocenters. The fourth-order valence-electron chi connectivity index (χ4n) is 2.21. The molecule has 0 spiro atoms. The zero-order valence-electron chi connectivity index (χ0n) is 14.3. The van der Waals surface area contributed by atoms with Gasteiger partial charge >= 0.3 is 0 Å². The van der Waals surface area contributed by atoms with Crippen molar-refractivity contribution in [2.24, 2.45) is 5.14 Å². The molecule has 0 saturated carbocycles. The van der Waals surface area contributed by atoms with E-state index in [1.165, 1.54) is 48.5 Å². The Kier molecular flexibility index (Phi) is 6.60. The van der Waals surface area contributed by atoms with Crippen LogP contribution in [0.15, 0.2) is 58.3 Å². The van der Waals surface area contributed by atoms with Gasteiger partial charge in [-0.25, -0.2) is 22.0 Å². The third kappa shape index (κ3) is 5.50. The highest BCUT2D eigenvalue weighted by Crippen LogP contribution is 2.19. The van der Waals surface area contributed by atoms with E-state index in [1.807, 2.05) is 0 Å². The molecule has 0 aromatic heterocycles. The minimum Gasteiger partial charge on any atom is -0.325 e. The van der Waals surface area contributed by atoms with E-state index in [2.05, 4.69) is 5.32 Å². The fraction of sp³-hybridized carbons (Fsp3) is 0.188. The zero-order valence-corrected chi connectivity index (χ0v) is 16.7. The SMILES string of the molecule is CCN(CC(=O)Nc1ccc(S(N)(=O)=O)cc1)S(=O)(=O)c1ccc(Cl)cc1. The van der Waals surface area contributed by atoms with Crippen molar-refractivity contribution < 1.29 is 21.6 Å². The van der Waals surface area contributed by atoms with Gasteiger partial charge in [0, 0.05) is 17.3 Å². The maximum absolute atomic E-state index is 12.6. The summed E-state index contributed by atoms with van der Waals surface area (Å²) < 4.78 is 48.7. The van der Waals surface area contributed by atoms with Crippen molar-refractivity contribution in [2.75, 3.05) is 18.4 Å². The van der Waals surface area contributed by atoms with Crippen molar-refractivity contribution in [3.05, 3.63) is 53.6 Å². The highest BCUT2D eigenvalue weighted by atomic mass is 35.5. The smallest absolute Gasteiger partial charge is 0.243 e. The molecule has 0 radical (unpaired) electrons.